The minimum atomic E-state index is -0.246. The zero-order valence-corrected chi connectivity index (χ0v) is 18.3. The molecule has 0 aliphatic rings. The second kappa shape index (κ2) is 9.55. The molecule has 3 aromatic carbocycles. The Morgan fingerprint density at radius 3 is 2.30 bits per heavy atom. The van der Waals surface area contributed by atoms with Crippen LogP contribution in [0.15, 0.2) is 78.9 Å². The van der Waals surface area contributed by atoms with Gasteiger partial charge in [-0.15, -0.1) is 0 Å². The molecule has 0 heterocycles. The predicted octanol–water partition coefficient (Wildman–Crippen LogP) is 5.69. The Morgan fingerprint density at radius 1 is 0.933 bits per heavy atom. The number of amides is 1. The number of carbonyl (C=O) groups is 1. The van der Waals surface area contributed by atoms with Crippen LogP contribution in [0.25, 0.3) is 0 Å². The van der Waals surface area contributed by atoms with E-state index in [9.17, 15) is 4.79 Å². The van der Waals surface area contributed by atoms with Crippen molar-refractivity contribution in [1.29, 1.82) is 0 Å². The first kappa shape index (κ1) is 21.5. The Labute approximate surface area is 183 Å². The molecule has 0 aromatic heterocycles. The molecule has 0 radical (unpaired) electrons. The van der Waals surface area contributed by atoms with Crippen LogP contribution in [0.1, 0.15) is 42.3 Å². The number of rotatable bonds is 5. The quantitative estimate of drug-likeness (QED) is 0.523. The van der Waals surface area contributed by atoms with Crippen LogP contribution in [0.5, 0.6) is 5.75 Å². The van der Waals surface area contributed by atoms with E-state index in [1.54, 1.807) is 0 Å². The fraction of sp³-hybridized carbons (Fsp3) is 0.200. The topological polar surface area (TPSA) is 50.4 Å². The number of carbonyl (C=O) groups excluding carboxylic acids is 1. The van der Waals surface area contributed by atoms with Crippen LogP contribution < -0.4 is 15.4 Å². The molecule has 0 spiro atoms. The van der Waals surface area contributed by atoms with Gasteiger partial charge in [0.15, 0.2) is 5.11 Å². The van der Waals surface area contributed by atoms with E-state index in [0.29, 0.717) is 12.2 Å². The molecule has 0 bridgehead atoms. The first-order valence-corrected chi connectivity index (χ1v) is 10.2. The average molecular weight is 419 g/mol. The summed E-state index contributed by atoms with van der Waals surface area (Å²) in [5.74, 6) is 0.472. The monoisotopic (exact) mass is 418 g/mol. The fourth-order valence-corrected chi connectivity index (χ4v) is 3.07. The number of anilines is 1. The Morgan fingerprint density at radius 2 is 1.63 bits per heavy atom. The highest BCUT2D eigenvalue weighted by Gasteiger charge is 2.14. The van der Waals surface area contributed by atoms with Gasteiger partial charge in [-0.05, 0) is 53.0 Å². The van der Waals surface area contributed by atoms with Crippen LogP contribution in [0.4, 0.5) is 5.69 Å². The van der Waals surface area contributed by atoms with Crippen LogP contribution in [0.3, 0.4) is 0 Å². The van der Waals surface area contributed by atoms with Gasteiger partial charge in [-0.2, -0.15) is 0 Å². The number of ether oxygens (including phenoxy) is 1. The van der Waals surface area contributed by atoms with Crippen LogP contribution >= 0.6 is 12.2 Å². The zero-order valence-electron chi connectivity index (χ0n) is 17.4. The minimum absolute atomic E-state index is 0.0411. The maximum atomic E-state index is 12.5. The Kier molecular flexibility index (Phi) is 6.85. The van der Waals surface area contributed by atoms with Gasteiger partial charge in [-0.1, -0.05) is 69.3 Å². The first-order valence-electron chi connectivity index (χ1n) is 9.81. The largest absolute Gasteiger partial charge is 0.489 e. The third kappa shape index (κ3) is 6.16. The number of benzene rings is 3. The number of hydrogen-bond donors (Lipinski definition) is 2. The van der Waals surface area contributed by atoms with Crippen LogP contribution in [0.2, 0.25) is 0 Å². The van der Waals surface area contributed by atoms with E-state index < -0.39 is 0 Å². The van der Waals surface area contributed by atoms with Gasteiger partial charge in [-0.3, -0.25) is 10.1 Å². The van der Waals surface area contributed by atoms with Crippen molar-refractivity contribution in [3.05, 3.63) is 95.6 Å². The van der Waals surface area contributed by atoms with Crippen molar-refractivity contribution in [3.63, 3.8) is 0 Å². The van der Waals surface area contributed by atoms with Crippen molar-refractivity contribution in [2.45, 2.75) is 32.8 Å². The maximum absolute atomic E-state index is 12.5. The van der Waals surface area contributed by atoms with Gasteiger partial charge in [-0.25, -0.2) is 0 Å². The van der Waals surface area contributed by atoms with Crippen molar-refractivity contribution in [3.8, 4) is 5.75 Å². The minimum Gasteiger partial charge on any atom is -0.489 e. The van der Waals surface area contributed by atoms with Crippen molar-refractivity contribution in [2.75, 3.05) is 5.32 Å². The molecule has 30 heavy (non-hydrogen) atoms. The molecule has 5 heteroatoms. The smallest absolute Gasteiger partial charge is 0.257 e. The Hall–Kier alpha value is -3.18. The molecule has 0 atom stereocenters. The zero-order chi connectivity index (χ0) is 21.6. The van der Waals surface area contributed by atoms with Gasteiger partial charge >= 0.3 is 0 Å². The molecule has 0 aliphatic carbocycles. The number of thiocarbonyl (C=S) groups is 1. The maximum Gasteiger partial charge on any atom is 0.257 e. The number of nitrogens with one attached hydrogen (secondary N) is 2. The van der Waals surface area contributed by atoms with Gasteiger partial charge in [0.2, 0.25) is 0 Å². The van der Waals surface area contributed by atoms with Gasteiger partial charge in [0.1, 0.15) is 12.4 Å². The average Bonchev–Trinajstić information content (AvgIpc) is 2.72. The summed E-state index contributed by atoms with van der Waals surface area (Å²) < 4.78 is 5.83. The molecule has 4 nitrogen and oxygen atoms in total. The van der Waals surface area contributed by atoms with E-state index in [4.69, 9.17) is 17.0 Å². The normalized spacial score (nSPS) is 10.9. The molecule has 0 aliphatic heterocycles. The van der Waals surface area contributed by atoms with Crippen LogP contribution in [-0.2, 0) is 12.0 Å². The summed E-state index contributed by atoms with van der Waals surface area (Å²) in [5.41, 5.74) is 3.61. The highest BCUT2D eigenvalue weighted by atomic mass is 32.1. The molecule has 0 unspecified atom stereocenters. The van der Waals surface area contributed by atoms with Crippen molar-refractivity contribution >= 4 is 28.9 Å². The molecule has 3 rings (SSSR count). The first-order chi connectivity index (χ1) is 14.3. The second-order valence-electron chi connectivity index (χ2n) is 8.04. The lowest BCUT2D eigenvalue weighted by Gasteiger charge is -2.19. The van der Waals surface area contributed by atoms with Gasteiger partial charge in [0.05, 0.1) is 0 Å². The van der Waals surface area contributed by atoms with E-state index in [1.807, 2.05) is 78.9 Å². The standard InChI is InChI=1S/C25H26N2O2S/c1-25(2,3)20-14-12-19(13-15-20)23(28)27-24(30)26-21-10-7-11-22(16-21)29-17-18-8-5-4-6-9-18/h4-16H,17H2,1-3H3,(H2,26,27,28,30). The third-order valence-corrected chi connectivity index (χ3v) is 4.78. The Bertz CT molecular complexity index is 1010. The lowest BCUT2D eigenvalue weighted by molar-refractivity contribution is 0.0977. The second-order valence-corrected chi connectivity index (χ2v) is 8.45. The van der Waals surface area contributed by atoms with Crippen molar-refractivity contribution in [1.82, 2.24) is 5.32 Å². The SMILES string of the molecule is CC(C)(C)c1ccc(C(=O)NC(=S)Nc2cccc(OCc3ccccc3)c2)cc1. The molecule has 1 amide bonds. The molecule has 0 saturated carbocycles. The highest BCUT2D eigenvalue weighted by molar-refractivity contribution is 7.80. The van der Waals surface area contributed by atoms with Crippen molar-refractivity contribution in [2.24, 2.45) is 0 Å². The fourth-order valence-electron chi connectivity index (χ4n) is 2.86. The summed E-state index contributed by atoms with van der Waals surface area (Å²) >= 11 is 5.30. The number of hydrogen-bond acceptors (Lipinski definition) is 3. The van der Waals surface area contributed by atoms with Gasteiger partial charge < -0.3 is 10.1 Å². The summed E-state index contributed by atoms with van der Waals surface area (Å²) in [7, 11) is 0. The van der Waals surface area contributed by atoms with Crippen LogP contribution in [0, 0.1) is 0 Å². The third-order valence-electron chi connectivity index (χ3n) is 4.58. The molecule has 154 valence electrons. The predicted molar refractivity (Wildman–Crippen MR) is 126 cm³/mol. The van der Waals surface area contributed by atoms with Gasteiger partial charge in [0.25, 0.3) is 5.91 Å². The van der Waals surface area contributed by atoms with E-state index in [0.717, 1.165) is 17.0 Å². The molecule has 0 saturated heterocycles. The summed E-state index contributed by atoms with van der Waals surface area (Å²) in [6, 6.07) is 25.0. The van der Waals surface area contributed by atoms with E-state index >= 15 is 0 Å². The van der Waals surface area contributed by atoms with Gasteiger partial charge in [0, 0.05) is 17.3 Å². The summed E-state index contributed by atoms with van der Waals surface area (Å²) in [5, 5.41) is 5.99. The van der Waals surface area contributed by atoms with E-state index in [-0.39, 0.29) is 16.4 Å². The lowest BCUT2D eigenvalue weighted by atomic mass is 9.87. The summed E-state index contributed by atoms with van der Waals surface area (Å²) in [4.78, 5) is 12.5. The highest BCUT2D eigenvalue weighted by Crippen LogP contribution is 2.22. The summed E-state index contributed by atoms with van der Waals surface area (Å²) in [6.45, 7) is 6.90. The lowest BCUT2D eigenvalue weighted by Crippen LogP contribution is -2.34. The van der Waals surface area contributed by atoms with Crippen molar-refractivity contribution < 1.29 is 9.53 Å². The van der Waals surface area contributed by atoms with Crippen LogP contribution in [-0.4, -0.2) is 11.0 Å². The molecule has 3 aromatic rings. The molecular weight excluding hydrogens is 392 g/mol. The molecule has 2 N–H and O–H groups in total. The molecule has 0 fully saturated rings. The Balaban J connectivity index is 1.56. The summed E-state index contributed by atoms with van der Waals surface area (Å²) in [6.07, 6.45) is 0. The molecular formula is C25H26N2O2S. The van der Waals surface area contributed by atoms with E-state index in [2.05, 4.69) is 31.4 Å². The van der Waals surface area contributed by atoms with E-state index in [1.165, 1.54) is 5.56 Å².